The molecule has 10 heteroatoms. The molecule has 0 atom stereocenters. The second-order valence-corrected chi connectivity index (χ2v) is 0.742. The van der Waals surface area contributed by atoms with Crippen LogP contribution >= 0.6 is 0 Å². The van der Waals surface area contributed by atoms with Gasteiger partial charge in [-0.2, -0.15) is 0 Å². The summed E-state index contributed by atoms with van der Waals surface area (Å²) < 4.78 is 38.9. The van der Waals surface area contributed by atoms with Gasteiger partial charge in [0.1, 0.15) is 0 Å². The van der Waals surface area contributed by atoms with Gasteiger partial charge in [0.2, 0.25) is 0 Å². The van der Waals surface area contributed by atoms with Crippen molar-refractivity contribution in [1.29, 1.82) is 0 Å². The van der Waals surface area contributed by atoms with Gasteiger partial charge in [-0.1, -0.05) is 0 Å². The second kappa shape index (κ2) is 37.5. The van der Waals surface area contributed by atoms with Gasteiger partial charge < -0.3 is 10.6 Å². The third kappa shape index (κ3) is 81.6. The molecule has 0 fully saturated rings. The zero-order valence-corrected chi connectivity index (χ0v) is 4.24. The molecule has 0 heterocycles. The van der Waals surface area contributed by atoms with Gasteiger partial charge in [0.25, 0.3) is 0 Å². The number of halogens is 4. The summed E-state index contributed by atoms with van der Waals surface area (Å²) in [7, 11) is 0. The molecule has 0 aromatic carbocycles. The zero-order chi connectivity index (χ0) is 5.58. The standard InChI is InChI=1S/2Al.2Ca.4FH.2Li.8H/h;;;;4*1H;;;;;;;;;;/q;+3;;;;;;;;+1;;;;;;;;/p-4. The van der Waals surface area contributed by atoms with Crippen LogP contribution in [0, 0.1) is 0 Å². The first-order valence-corrected chi connectivity index (χ1v) is 2.34. The van der Waals surface area contributed by atoms with Crippen molar-refractivity contribution in [1.82, 2.24) is 0 Å². The topological polar surface area (TPSA) is 0 Å². The Morgan fingerprint density at radius 3 is 0.900 bits per heavy atom. The van der Waals surface area contributed by atoms with Crippen molar-refractivity contribution in [2.45, 2.75) is 0 Å². The first-order chi connectivity index (χ1) is 2.73. The van der Waals surface area contributed by atoms with Crippen molar-refractivity contribution in [3.63, 3.8) is 0 Å². The maximum atomic E-state index is 9.81. The number of hydrogen-bond acceptors (Lipinski definition) is 0. The fourth-order valence-corrected chi connectivity index (χ4v) is 0. The van der Waals surface area contributed by atoms with Gasteiger partial charge in [0.05, 0.1) is 0 Å². The minimum atomic E-state index is -4.64. The normalized spacial score (nSPS) is 3.40. The molecule has 0 aliphatic heterocycles. The molecular weight excluding hydrogens is 224 g/mol. The minimum absolute atomic E-state index is 0. The monoisotopic (exact) mass is 232 g/mol. The molecular formula is H8Al2Ca2F4Li2. The zero-order valence-electron chi connectivity index (χ0n) is 3.09. The summed E-state index contributed by atoms with van der Waals surface area (Å²) in [4.78, 5) is 0. The van der Waals surface area contributed by atoms with E-state index in [2.05, 4.69) is 0 Å². The van der Waals surface area contributed by atoms with E-state index >= 15 is 0 Å². The van der Waals surface area contributed by atoms with Crippen LogP contribution in [0.1, 0.15) is 0 Å². The van der Waals surface area contributed by atoms with Crippen molar-refractivity contribution in [3.05, 3.63) is 0 Å². The molecule has 10 heavy (non-hydrogen) atoms. The molecule has 0 spiro atoms. The van der Waals surface area contributed by atoms with Crippen LogP contribution in [0.5, 0.6) is 0 Å². The van der Waals surface area contributed by atoms with E-state index in [1.54, 1.807) is 0 Å². The average Bonchev–Trinajstić information content (AvgIpc) is 1.41. The molecule has 0 aliphatic carbocycles. The summed E-state index contributed by atoms with van der Waals surface area (Å²) in [6.07, 6.45) is 0. The Morgan fingerprint density at radius 2 is 0.900 bits per heavy atom. The van der Waals surface area contributed by atoms with E-state index in [0.29, 0.717) is 18.2 Å². The van der Waals surface area contributed by atoms with Crippen LogP contribution in [-0.2, 0) is 0 Å². The van der Waals surface area contributed by atoms with Gasteiger partial charge in [0, 0.05) is 0 Å². The van der Waals surface area contributed by atoms with Crippen LogP contribution in [0.3, 0.4) is 0 Å². The van der Waals surface area contributed by atoms with Crippen molar-refractivity contribution >= 4 is 145 Å². The predicted molar refractivity (Wildman–Crippen MR) is 50.1 cm³/mol. The summed E-state index contributed by atoms with van der Waals surface area (Å²) in [5, 5.41) is 0. The molecule has 0 aromatic heterocycles. The molecule has 0 nitrogen and oxygen atoms in total. The molecule has 0 rings (SSSR count). The maximum absolute atomic E-state index is 9.81. The Kier molecular flexibility index (Phi) is 137. The quantitative estimate of drug-likeness (QED) is 0.314. The number of rotatable bonds is 0. The molecule has 0 N–H and O–H groups in total. The van der Waals surface area contributed by atoms with Crippen LogP contribution < -0.4 is 0 Å². The van der Waals surface area contributed by atoms with Gasteiger partial charge in [-0.25, -0.2) is 0 Å². The van der Waals surface area contributed by atoms with Gasteiger partial charge in [-0.3, -0.25) is 0 Å². The van der Waals surface area contributed by atoms with Crippen LogP contribution in [-0.4, -0.2) is 145 Å². The third-order valence-electron chi connectivity index (χ3n) is 0. The Hall–Kier alpha value is 4.50. The van der Waals surface area contributed by atoms with E-state index < -0.39 is 15.5 Å². The molecule has 0 aromatic rings. The first-order valence-electron chi connectivity index (χ1n) is 1.03. The molecule has 0 saturated heterocycles. The fraction of sp³-hybridized carbons (Fsp3) is 0. The molecule has 0 aliphatic rings. The second-order valence-electron chi connectivity index (χ2n) is 0.247. The molecule has 0 saturated carbocycles. The van der Waals surface area contributed by atoms with Gasteiger partial charge >= 0.3 is 131 Å². The van der Waals surface area contributed by atoms with Crippen LogP contribution in [0.4, 0.5) is 13.9 Å². The molecule has 0 amide bonds. The van der Waals surface area contributed by atoms with Gasteiger partial charge in [0.15, 0.2) is 17.4 Å². The molecule has 0 bridgehead atoms. The van der Waals surface area contributed by atoms with Gasteiger partial charge in [-0.05, 0) is 0 Å². The number of hydrogen-bond donors (Lipinski definition) is 0. The average molecular weight is 232 g/mol. The van der Waals surface area contributed by atoms with Crippen molar-refractivity contribution < 1.29 is 13.9 Å². The van der Waals surface area contributed by atoms with Crippen LogP contribution in [0.15, 0.2) is 0 Å². The third-order valence-corrected chi connectivity index (χ3v) is 0. The summed E-state index contributed by atoms with van der Waals surface area (Å²) in [5.41, 5.74) is 0. The summed E-state index contributed by atoms with van der Waals surface area (Å²) in [6.45, 7) is 0. The van der Waals surface area contributed by atoms with Crippen molar-refractivity contribution in [2.24, 2.45) is 0 Å². The molecule has 0 radical (unpaired) electrons. The van der Waals surface area contributed by atoms with Crippen LogP contribution in [0.25, 0.3) is 0 Å². The summed E-state index contributed by atoms with van der Waals surface area (Å²) in [6, 6.07) is 0. The van der Waals surface area contributed by atoms with Crippen molar-refractivity contribution in [2.75, 3.05) is 0 Å². The molecule has 48 valence electrons. The Labute approximate surface area is 155 Å². The fourth-order valence-electron chi connectivity index (χ4n) is 0. The van der Waals surface area contributed by atoms with Gasteiger partial charge in [-0.15, -0.1) is 0 Å². The first kappa shape index (κ1) is 36.6. The Morgan fingerprint density at radius 1 is 0.900 bits per heavy atom. The van der Waals surface area contributed by atoms with Crippen molar-refractivity contribution in [3.8, 4) is 0 Å². The van der Waals surface area contributed by atoms with E-state index in [4.69, 9.17) is 0 Å². The van der Waals surface area contributed by atoms with Crippen LogP contribution in [0.2, 0.25) is 0 Å². The SMILES string of the molecule is [AlH3].[CaH2].[CaH2].[F][Al]([F])[F].[LiH].[Li][F]. The Balaban J connectivity index is -0.00000000625. The van der Waals surface area contributed by atoms with E-state index in [9.17, 15) is 13.9 Å². The van der Waals surface area contributed by atoms with E-state index in [0.717, 1.165) is 0 Å². The van der Waals surface area contributed by atoms with E-state index in [1.807, 2.05) is 0 Å². The van der Waals surface area contributed by atoms with E-state index in [1.165, 1.54) is 0 Å². The summed E-state index contributed by atoms with van der Waals surface area (Å²) in [5.74, 6) is 0. The van der Waals surface area contributed by atoms with E-state index in [-0.39, 0.29) is 112 Å². The summed E-state index contributed by atoms with van der Waals surface area (Å²) >= 11 is -4.14. The Bertz CT molecular complexity index is 24.0. The predicted octanol–water partition coefficient (Wildman–Crippen LogP) is -2.75. The molecule has 0 unspecified atom stereocenters.